The van der Waals surface area contributed by atoms with Crippen LogP contribution in [-0.4, -0.2) is 17.0 Å². The number of ketones is 1. The van der Waals surface area contributed by atoms with E-state index in [0.29, 0.717) is 41.3 Å². The van der Waals surface area contributed by atoms with Crippen LogP contribution in [-0.2, 0) is 4.79 Å². The van der Waals surface area contributed by atoms with Gasteiger partial charge in [-0.25, -0.2) is 0 Å². The summed E-state index contributed by atoms with van der Waals surface area (Å²) in [6.45, 7) is 14.1. The third kappa shape index (κ3) is 3.46. The van der Waals surface area contributed by atoms with E-state index in [1.165, 1.54) is 17.6 Å². The van der Waals surface area contributed by atoms with Crippen molar-refractivity contribution in [1.82, 2.24) is 0 Å². The highest BCUT2D eigenvalue weighted by atomic mass is 16.3. The van der Waals surface area contributed by atoms with E-state index in [1.54, 1.807) is 0 Å². The van der Waals surface area contributed by atoms with Crippen molar-refractivity contribution >= 4 is 5.78 Å². The van der Waals surface area contributed by atoms with E-state index in [4.69, 9.17) is 0 Å². The zero-order chi connectivity index (χ0) is 21.8. The second kappa shape index (κ2) is 7.91. The van der Waals surface area contributed by atoms with Crippen molar-refractivity contribution in [3.05, 3.63) is 23.3 Å². The van der Waals surface area contributed by atoms with Crippen molar-refractivity contribution in [2.45, 2.75) is 99.0 Å². The minimum atomic E-state index is -0.107. The predicted molar refractivity (Wildman–Crippen MR) is 124 cm³/mol. The fourth-order valence-corrected chi connectivity index (χ4v) is 7.81. The van der Waals surface area contributed by atoms with Crippen LogP contribution in [0.15, 0.2) is 23.3 Å². The fraction of sp³-hybridized carbons (Fsp3) is 0.821. The molecule has 0 aromatic heterocycles. The Labute approximate surface area is 184 Å². The van der Waals surface area contributed by atoms with Gasteiger partial charge in [-0.3, -0.25) is 4.79 Å². The van der Waals surface area contributed by atoms with Gasteiger partial charge in [0.25, 0.3) is 0 Å². The summed E-state index contributed by atoms with van der Waals surface area (Å²) in [6.07, 6.45) is 13.1. The molecule has 0 unspecified atom stereocenters. The molecule has 0 aromatic carbocycles. The number of aliphatic hydroxyl groups excluding tert-OH is 1. The van der Waals surface area contributed by atoms with Crippen molar-refractivity contribution < 1.29 is 9.90 Å². The number of Topliss-reactive ketones (excluding diaryl/α,β-unsaturated/α-hetero) is 1. The lowest BCUT2D eigenvalue weighted by atomic mass is 9.49. The molecule has 0 bridgehead atoms. The van der Waals surface area contributed by atoms with Gasteiger partial charge >= 0.3 is 0 Å². The summed E-state index contributed by atoms with van der Waals surface area (Å²) in [4.78, 5) is 13.4. The summed E-state index contributed by atoms with van der Waals surface area (Å²) >= 11 is 0. The van der Waals surface area contributed by atoms with Gasteiger partial charge in [-0.15, -0.1) is 0 Å². The summed E-state index contributed by atoms with van der Waals surface area (Å²) in [5.74, 6) is 3.80. The topological polar surface area (TPSA) is 37.3 Å². The average Bonchev–Trinajstić information content (AvgIpc) is 2.97. The molecule has 30 heavy (non-hydrogen) atoms. The third-order valence-electron chi connectivity index (χ3n) is 10.2. The minimum Gasteiger partial charge on any atom is -0.393 e. The molecule has 0 radical (unpaired) electrons. The summed E-state index contributed by atoms with van der Waals surface area (Å²) < 4.78 is 0. The Morgan fingerprint density at radius 2 is 1.77 bits per heavy atom. The zero-order valence-corrected chi connectivity index (χ0v) is 20.2. The third-order valence-corrected chi connectivity index (χ3v) is 10.2. The normalized spacial score (nSPS) is 43.5. The van der Waals surface area contributed by atoms with Crippen LogP contribution in [0.4, 0.5) is 0 Å². The summed E-state index contributed by atoms with van der Waals surface area (Å²) in [7, 11) is 0. The van der Waals surface area contributed by atoms with E-state index in [2.05, 4.69) is 53.7 Å². The lowest BCUT2D eigenvalue weighted by Gasteiger charge is -2.56. The molecular formula is C28H44O2. The molecule has 2 heteroatoms. The summed E-state index contributed by atoms with van der Waals surface area (Å²) in [5.41, 5.74) is 3.15. The molecule has 0 aromatic rings. The minimum absolute atomic E-state index is 0.0606. The molecule has 2 nitrogen and oxygen atoms in total. The predicted octanol–water partition coefficient (Wildman–Crippen LogP) is 6.73. The number of hydrogen-bond donors (Lipinski definition) is 1. The van der Waals surface area contributed by atoms with Crippen LogP contribution < -0.4 is 0 Å². The highest BCUT2D eigenvalue weighted by molar-refractivity contribution is 6.00. The molecule has 4 aliphatic carbocycles. The van der Waals surface area contributed by atoms with Crippen LogP contribution in [0.3, 0.4) is 0 Å². The largest absolute Gasteiger partial charge is 0.393 e. The Morgan fingerprint density at radius 1 is 1.03 bits per heavy atom. The molecule has 1 N–H and O–H groups in total. The first-order chi connectivity index (χ1) is 14.1. The number of rotatable bonds is 4. The monoisotopic (exact) mass is 412 g/mol. The van der Waals surface area contributed by atoms with E-state index in [1.807, 2.05) is 0 Å². The van der Waals surface area contributed by atoms with Crippen molar-refractivity contribution in [1.29, 1.82) is 0 Å². The first-order valence-corrected chi connectivity index (χ1v) is 12.7. The van der Waals surface area contributed by atoms with Gasteiger partial charge in [-0.1, -0.05) is 59.3 Å². The Morgan fingerprint density at radius 3 is 2.47 bits per heavy atom. The van der Waals surface area contributed by atoms with E-state index < -0.39 is 0 Å². The highest BCUT2D eigenvalue weighted by Gasteiger charge is 2.57. The first-order valence-electron chi connectivity index (χ1n) is 12.7. The zero-order valence-electron chi connectivity index (χ0n) is 20.2. The maximum atomic E-state index is 13.4. The van der Waals surface area contributed by atoms with Crippen molar-refractivity contribution in [3.63, 3.8) is 0 Å². The van der Waals surface area contributed by atoms with Gasteiger partial charge in [0.15, 0.2) is 5.78 Å². The Hall–Kier alpha value is -0.890. The van der Waals surface area contributed by atoms with Crippen LogP contribution in [0.1, 0.15) is 92.9 Å². The average molecular weight is 413 g/mol. The molecule has 3 saturated carbocycles. The van der Waals surface area contributed by atoms with Crippen molar-refractivity contribution in [2.24, 2.45) is 46.3 Å². The van der Waals surface area contributed by atoms with Crippen molar-refractivity contribution in [3.8, 4) is 0 Å². The molecule has 8 atom stereocenters. The SMILES string of the molecule is CC(C)[C@H](C)C=C[C@@H](C)[C@H]1CC(=O)C2=C3CC[C@H]4C[C@H](O)CC[C@]4(C)[C@H]3CC[C@@]21C. The second-order valence-corrected chi connectivity index (χ2v) is 12.2. The number of carbonyl (C=O) groups excluding carboxylic acids is 1. The van der Waals surface area contributed by atoms with Gasteiger partial charge in [-0.2, -0.15) is 0 Å². The number of carbonyl (C=O) groups is 1. The molecule has 0 amide bonds. The van der Waals surface area contributed by atoms with Gasteiger partial charge in [0.2, 0.25) is 0 Å². The van der Waals surface area contributed by atoms with Gasteiger partial charge < -0.3 is 5.11 Å². The molecule has 0 heterocycles. The molecule has 4 rings (SSSR count). The summed E-state index contributed by atoms with van der Waals surface area (Å²) in [5, 5.41) is 10.2. The molecule has 4 aliphatic rings. The lowest BCUT2D eigenvalue weighted by molar-refractivity contribution is -0.115. The van der Waals surface area contributed by atoms with Crippen LogP contribution in [0.5, 0.6) is 0 Å². The first kappa shape index (κ1) is 22.3. The van der Waals surface area contributed by atoms with Crippen LogP contribution in [0.2, 0.25) is 0 Å². The Kier molecular flexibility index (Phi) is 5.88. The fourth-order valence-electron chi connectivity index (χ4n) is 7.81. The highest BCUT2D eigenvalue weighted by Crippen LogP contribution is 2.65. The van der Waals surface area contributed by atoms with Gasteiger partial charge in [0, 0.05) is 12.0 Å². The van der Waals surface area contributed by atoms with Gasteiger partial charge in [0.1, 0.15) is 0 Å². The quantitative estimate of drug-likeness (QED) is 0.520. The van der Waals surface area contributed by atoms with Crippen LogP contribution in [0.25, 0.3) is 0 Å². The van der Waals surface area contributed by atoms with E-state index in [9.17, 15) is 9.90 Å². The Bertz CT molecular complexity index is 746. The molecule has 0 spiro atoms. The van der Waals surface area contributed by atoms with E-state index in [-0.39, 0.29) is 16.9 Å². The summed E-state index contributed by atoms with van der Waals surface area (Å²) in [6, 6.07) is 0. The molecular weight excluding hydrogens is 368 g/mol. The number of aliphatic hydroxyl groups is 1. The number of fused-ring (bicyclic) bond motifs is 4. The molecule has 3 fully saturated rings. The number of allylic oxidation sites excluding steroid dienone is 4. The molecule has 168 valence electrons. The van der Waals surface area contributed by atoms with E-state index in [0.717, 1.165) is 44.9 Å². The standard InChI is InChI=1S/C28H44O2/c1-17(2)18(3)7-8-19(4)24-16-25(30)26-22-10-9-20-15-21(29)11-13-27(20,5)23(22)12-14-28(24,26)6/h7-8,17-21,23-24,29H,9-16H2,1-6H3/t18-,19-,20+,21-,23+,24-,27+,28-/m1/s1. The number of hydrogen-bond acceptors (Lipinski definition) is 2. The van der Waals surface area contributed by atoms with Crippen LogP contribution >= 0.6 is 0 Å². The van der Waals surface area contributed by atoms with Crippen molar-refractivity contribution in [2.75, 3.05) is 0 Å². The van der Waals surface area contributed by atoms with Gasteiger partial charge in [-0.05, 0) is 91.3 Å². The molecule has 0 aliphatic heterocycles. The lowest BCUT2D eigenvalue weighted by Crippen LogP contribution is -2.48. The van der Waals surface area contributed by atoms with Crippen LogP contribution in [0, 0.1) is 46.3 Å². The smallest absolute Gasteiger partial charge is 0.159 e. The maximum Gasteiger partial charge on any atom is 0.159 e. The van der Waals surface area contributed by atoms with Gasteiger partial charge in [0.05, 0.1) is 6.10 Å². The Balaban J connectivity index is 1.63. The molecule has 0 saturated heterocycles. The second-order valence-electron chi connectivity index (χ2n) is 12.2. The van der Waals surface area contributed by atoms with E-state index >= 15 is 0 Å². The maximum absolute atomic E-state index is 13.4.